The van der Waals surface area contributed by atoms with Crippen molar-refractivity contribution in [3.05, 3.63) is 95.9 Å². The third-order valence-electron chi connectivity index (χ3n) is 8.09. The number of hydrogen-bond donors (Lipinski definition) is 1. The molecule has 1 fully saturated rings. The maximum absolute atomic E-state index is 14.6. The van der Waals surface area contributed by atoms with Crippen LogP contribution in [0.1, 0.15) is 66.6 Å². The highest BCUT2D eigenvalue weighted by Gasteiger charge is 2.53. The van der Waals surface area contributed by atoms with E-state index in [4.69, 9.17) is 4.42 Å². The van der Waals surface area contributed by atoms with Crippen LogP contribution in [0, 0.1) is 0 Å². The van der Waals surface area contributed by atoms with Gasteiger partial charge in [-0.3, -0.25) is 9.59 Å². The van der Waals surface area contributed by atoms with Gasteiger partial charge in [0.15, 0.2) is 11.1 Å². The van der Waals surface area contributed by atoms with Gasteiger partial charge in [-0.2, -0.15) is 0 Å². The summed E-state index contributed by atoms with van der Waals surface area (Å²) in [6.45, 7) is 0.658. The Morgan fingerprint density at radius 3 is 2.32 bits per heavy atom. The van der Waals surface area contributed by atoms with Gasteiger partial charge in [0.25, 0.3) is 11.8 Å². The van der Waals surface area contributed by atoms with Crippen LogP contribution in [0.5, 0.6) is 0 Å². The number of carbonyl (C=O) groups excluding carboxylic acids is 2. The Labute approximate surface area is 217 Å². The van der Waals surface area contributed by atoms with Crippen LogP contribution in [0.15, 0.2) is 83.5 Å². The van der Waals surface area contributed by atoms with Gasteiger partial charge >= 0.3 is 0 Å². The highest BCUT2D eigenvalue weighted by Crippen LogP contribution is 2.40. The van der Waals surface area contributed by atoms with Crippen molar-refractivity contribution < 1.29 is 14.0 Å². The third-order valence-corrected chi connectivity index (χ3v) is 8.09. The number of benzene rings is 2. The highest BCUT2D eigenvalue weighted by atomic mass is 16.3. The van der Waals surface area contributed by atoms with E-state index >= 15 is 0 Å². The minimum atomic E-state index is -1.20. The fourth-order valence-electron chi connectivity index (χ4n) is 6.11. The molecule has 1 aliphatic heterocycles. The Bertz CT molecular complexity index is 1380. The van der Waals surface area contributed by atoms with E-state index < -0.39 is 5.54 Å². The fraction of sp³-hybridized carbons (Fsp3) is 0.355. The van der Waals surface area contributed by atoms with Crippen LogP contribution in [-0.4, -0.2) is 27.3 Å². The SMILES string of the molecule is O=C1c2cc3occc3n2C[C@@](C(=O)NC2CCCCCCC2)(c2ccccc2)N1Cc1ccccc1. The molecule has 6 rings (SSSR count). The normalized spacial score (nSPS) is 20.9. The van der Waals surface area contributed by atoms with Crippen LogP contribution >= 0.6 is 0 Å². The summed E-state index contributed by atoms with van der Waals surface area (Å²) in [4.78, 5) is 30.6. The predicted molar refractivity (Wildman–Crippen MR) is 143 cm³/mol. The van der Waals surface area contributed by atoms with Crippen molar-refractivity contribution in [2.24, 2.45) is 0 Å². The Balaban J connectivity index is 1.49. The van der Waals surface area contributed by atoms with Gasteiger partial charge < -0.3 is 19.2 Å². The largest absolute Gasteiger partial charge is 0.463 e. The lowest BCUT2D eigenvalue weighted by Gasteiger charge is -2.47. The summed E-state index contributed by atoms with van der Waals surface area (Å²) in [7, 11) is 0. The van der Waals surface area contributed by atoms with E-state index in [2.05, 4.69) is 5.32 Å². The van der Waals surface area contributed by atoms with Gasteiger partial charge in [-0.05, 0) is 24.0 Å². The van der Waals surface area contributed by atoms with E-state index in [-0.39, 0.29) is 17.9 Å². The van der Waals surface area contributed by atoms with Gasteiger partial charge in [0.05, 0.1) is 18.3 Å². The van der Waals surface area contributed by atoms with Crippen molar-refractivity contribution in [2.75, 3.05) is 0 Å². The number of furan rings is 1. The number of amides is 2. The van der Waals surface area contributed by atoms with Crippen LogP contribution in [0.3, 0.4) is 0 Å². The molecule has 2 aromatic carbocycles. The standard InChI is InChI=1S/C31H33N3O3/c35-29-27-20-28-26(18-19-37-28)33(27)22-31(24-14-8-5-9-15-24,34(29)21-23-12-6-4-7-13-23)30(36)32-25-16-10-2-1-3-11-17-25/h4-9,12-15,18-20,25H,1-3,10-11,16-17,21-22H2,(H,32,36)/t31-/m0/s1. The first-order valence-electron chi connectivity index (χ1n) is 13.5. The van der Waals surface area contributed by atoms with Gasteiger partial charge in [0, 0.05) is 24.7 Å². The molecule has 1 N–H and O–H groups in total. The van der Waals surface area contributed by atoms with Gasteiger partial charge in [0.1, 0.15) is 5.69 Å². The molecule has 37 heavy (non-hydrogen) atoms. The van der Waals surface area contributed by atoms with E-state index in [1.807, 2.05) is 71.3 Å². The van der Waals surface area contributed by atoms with Crippen LogP contribution < -0.4 is 5.32 Å². The zero-order valence-corrected chi connectivity index (χ0v) is 21.1. The zero-order chi connectivity index (χ0) is 25.2. The summed E-state index contributed by atoms with van der Waals surface area (Å²) < 4.78 is 7.63. The number of fused-ring (bicyclic) bond motifs is 3. The molecule has 0 bridgehead atoms. The minimum Gasteiger partial charge on any atom is -0.463 e. The lowest BCUT2D eigenvalue weighted by Crippen LogP contribution is -2.64. The fourth-order valence-corrected chi connectivity index (χ4v) is 6.11. The van der Waals surface area contributed by atoms with Gasteiger partial charge in [-0.15, -0.1) is 0 Å². The summed E-state index contributed by atoms with van der Waals surface area (Å²) in [6, 6.07) is 23.5. The average Bonchev–Trinajstić information content (AvgIpc) is 3.50. The smallest absolute Gasteiger partial charge is 0.272 e. The van der Waals surface area contributed by atoms with E-state index in [0.717, 1.165) is 42.3 Å². The second kappa shape index (κ2) is 9.92. The molecule has 1 aliphatic carbocycles. The predicted octanol–water partition coefficient (Wildman–Crippen LogP) is 6.01. The summed E-state index contributed by atoms with van der Waals surface area (Å²) >= 11 is 0. The lowest BCUT2D eigenvalue weighted by atomic mass is 9.83. The number of nitrogens with one attached hydrogen (secondary N) is 1. The highest BCUT2D eigenvalue weighted by molar-refractivity contribution is 6.03. The molecule has 2 aliphatic rings. The molecule has 3 heterocycles. The van der Waals surface area contributed by atoms with E-state index in [9.17, 15) is 9.59 Å². The van der Waals surface area contributed by atoms with Crippen molar-refractivity contribution in [3.63, 3.8) is 0 Å². The maximum Gasteiger partial charge on any atom is 0.272 e. The molecule has 0 unspecified atom stereocenters. The quantitative estimate of drug-likeness (QED) is 0.368. The summed E-state index contributed by atoms with van der Waals surface area (Å²) in [5.74, 6) is -0.275. The van der Waals surface area contributed by atoms with Crippen molar-refractivity contribution >= 4 is 22.9 Å². The number of rotatable bonds is 5. The van der Waals surface area contributed by atoms with E-state index in [1.54, 1.807) is 17.2 Å². The molecule has 6 heteroatoms. The Morgan fingerprint density at radius 1 is 0.919 bits per heavy atom. The minimum absolute atomic E-state index is 0.107. The van der Waals surface area contributed by atoms with Crippen LogP contribution in [0.4, 0.5) is 0 Å². The van der Waals surface area contributed by atoms with Crippen LogP contribution in [0.2, 0.25) is 0 Å². The van der Waals surface area contributed by atoms with Crippen LogP contribution in [0.25, 0.3) is 11.1 Å². The summed E-state index contributed by atoms with van der Waals surface area (Å²) in [5.41, 5.74) is 2.65. The zero-order valence-electron chi connectivity index (χ0n) is 21.1. The molecule has 0 saturated heterocycles. The molecule has 190 valence electrons. The van der Waals surface area contributed by atoms with Crippen molar-refractivity contribution in [1.82, 2.24) is 14.8 Å². The molecule has 2 amide bonds. The van der Waals surface area contributed by atoms with E-state index in [0.29, 0.717) is 24.4 Å². The molecule has 2 aromatic heterocycles. The average molecular weight is 496 g/mol. The molecule has 4 aromatic rings. The number of carbonyl (C=O) groups is 2. The molecule has 1 saturated carbocycles. The summed E-state index contributed by atoms with van der Waals surface area (Å²) in [5, 5.41) is 3.43. The maximum atomic E-state index is 14.6. The third kappa shape index (κ3) is 4.24. The lowest BCUT2D eigenvalue weighted by molar-refractivity contribution is -0.136. The molecule has 0 radical (unpaired) electrons. The monoisotopic (exact) mass is 495 g/mol. The van der Waals surface area contributed by atoms with Gasteiger partial charge in [-0.25, -0.2) is 0 Å². The molecule has 6 nitrogen and oxygen atoms in total. The molecular formula is C31H33N3O3. The number of hydrogen-bond acceptors (Lipinski definition) is 3. The molecular weight excluding hydrogens is 462 g/mol. The van der Waals surface area contributed by atoms with Gasteiger partial charge in [-0.1, -0.05) is 92.8 Å². The number of nitrogens with zero attached hydrogens (tertiary/aromatic N) is 2. The molecule has 0 spiro atoms. The Morgan fingerprint density at radius 2 is 1.59 bits per heavy atom. The van der Waals surface area contributed by atoms with Crippen molar-refractivity contribution in [2.45, 2.75) is 69.6 Å². The second-order valence-corrected chi connectivity index (χ2v) is 10.4. The first kappa shape index (κ1) is 23.6. The first-order valence-corrected chi connectivity index (χ1v) is 13.5. The topological polar surface area (TPSA) is 67.5 Å². The van der Waals surface area contributed by atoms with Crippen molar-refractivity contribution in [3.8, 4) is 0 Å². The van der Waals surface area contributed by atoms with Crippen molar-refractivity contribution in [1.29, 1.82) is 0 Å². The first-order chi connectivity index (χ1) is 18.2. The van der Waals surface area contributed by atoms with Crippen LogP contribution in [-0.2, 0) is 23.4 Å². The second-order valence-electron chi connectivity index (χ2n) is 10.4. The molecule has 1 atom stereocenters. The van der Waals surface area contributed by atoms with E-state index in [1.165, 1.54) is 19.3 Å². The number of aromatic nitrogens is 1. The Kier molecular flexibility index (Phi) is 6.33. The van der Waals surface area contributed by atoms with Gasteiger partial charge in [0.2, 0.25) is 0 Å². The Hall–Kier alpha value is -3.80. The summed E-state index contributed by atoms with van der Waals surface area (Å²) in [6.07, 6.45) is 9.51.